The molecule has 1 fully saturated rings. The van der Waals surface area contributed by atoms with Gasteiger partial charge in [-0.05, 0) is 45.1 Å². The summed E-state index contributed by atoms with van der Waals surface area (Å²) in [5.74, 6) is 0.843. The maximum atomic E-state index is 11.3. The minimum absolute atomic E-state index is 0.0626. The molecule has 7 heteroatoms. The number of likely N-dealkylation sites (tertiary alicyclic amines) is 1. The highest BCUT2D eigenvalue weighted by molar-refractivity contribution is 5.80. The fourth-order valence-electron chi connectivity index (χ4n) is 4.00. The number of aliphatic imine (C=N–C) groups is 1. The van der Waals surface area contributed by atoms with Crippen LogP contribution in [-0.4, -0.2) is 54.7 Å². The van der Waals surface area contributed by atoms with Crippen LogP contribution >= 0.6 is 0 Å². The second-order valence-electron chi connectivity index (χ2n) is 8.20. The molecule has 5 N–H and O–H groups in total. The monoisotopic (exact) mass is 416 g/mol. The maximum absolute atomic E-state index is 11.3. The minimum Gasteiger partial charge on any atom is -0.357 e. The number of hydrogen-bond donors (Lipinski definition) is 4. The highest BCUT2D eigenvalue weighted by Crippen LogP contribution is 2.22. The highest BCUT2D eigenvalue weighted by atomic mass is 16.2. The lowest BCUT2D eigenvalue weighted by Gasteiger charge is -2.36. The summed E-state index contributed by atoms with van der Waals surface area (Å²) in [7, 11) is 0. The van der Waals surface area contributed by atoms with Crippen molar-refractivity contribution in [2.24, 2.45) is 10.7 Å². The standard InChI is InChI=1S/C23H40N6O/c1-5-23(6-2,28-18(4)19-11-9-8-10-12-19)17-26-22(25-7-3)27-20-13-15-29(16-14-20)21(24)30/h8-12,18,20,28H,5-7,13-17H2,1-4H3,(H2,24,30)(H2,25,26,27). The van der Waals surface area contributed by atoms with Crippen molar-refractivity contribution < 1.29 is 4.79 Å². The van der Waals surface area contributed by atoms with Crippen LogP contribution in [0.3, 0.4) is 0 Å². The number of benzene rings is 1. The van der Waals surface area contributed by atoms with Crippen LogP contribution in [0.1, 0.15) is 65.0 Å². The van der Waals surface area contributed by atoms with Crippen molar-refractivity contribution in [3.8, 4) is 0 Å². The fraction of sp³-hybridized carbons (Fsp3) is 0.652. The molecule has 1 aliphatic heterocycles. The average molecular weight is 417 g/mol. The number of nitrogens with one attached hydrogen (secondary N) is 3. The van der Waals surface area contributed by atoms with Gasteiger partial charge in [-0.1, -0.05) is 44.2 Å². The summed E-state index contributed by atoms with van der Waals surface area (Å²) in [5.41, 5.74) is 6.62. The number of primary amides is 1. The second kappa shape index (κ2) is 11.8. The van der Waals surface area contributed by atoms with Crippen LogP contribution in [0.15, 0.2) is 35.3 Å². The zero-order valence-electron chi connectivity index (χ0n) is 19.1. The number of amides is 2. The number of piperidine rings is 1. The first-order valence-corrected chi connectivity index (χ1v) is 11.3. The van der Waals surface area contributed by atoms with Crippen LogP contribution in [0.2, 0.25) is 0 Å². The van der Waals surface area contributed by atoms with E-state index in [1.54, 1.807) is 4.90 Å². The van der Waals surface area contributed by atoms with Gasteiger partial charge >= 0.3 is 6.03 Å². The Kier molecular flexibility index (Phi) is 9.43. The molecule has 168 valence electrons. The van der Waals surface area contributed by atoms with Crippen LogP contribution in [0.25, 0.3) is 0 Å². The van der Waals surface area contributed by atoms with Crippen molar-refractivity contribution in [2.45, 2.75) is 71.0 Å². The molecule has 1 aromatic rings. The van der Waals surface area contributed by atoms with Crippen molar-refractivity contribution >= 4 is 12.0 Å². The van der Waals surface area contributed by atoms with Gasteiger partial charge < -0.3 is 26.6 Å². The number of urea groups is 1. The van der Waals surface area contributed by atoms with Crippen LogP contribution in [0, 0.1) is 0 Å². The van der Waals surface area contributed by atoms with Crippen LogP contribution in [0.4, 0.5) is 4.79 Å². The van der Waals surface area contributed by atoms with Crippen LogP contribution < -0.4 is 21.7 Å². The van der Waals surface area contributed by atoms with Crippen molar-refractivity contribution in [2.75, 3.05) is 26.2 Å². The lowest BCUT2D eigenvalue weighted by Crippen LogP contribution is -2.52. The predicted molar refractivity (Wildman–Crippen MR) is 125 cm³/mol. The largest absolute Gasteiger partial charge is 0.357 e. The van der Waals surface area contributed by atoms with Gasteiger partial charge in [-0.15, -0.1) is 0 Å². The van der Waals surface area contributed by atoms with E-state index in [1.165, 1.54) is 5.56 Å². The summed E-state index contributed by atoms with van der Waals surface area (Å²) in [6, 6.07) is 10.8. The molecule has 30 heavy (non-hydrogen) atoms. The molecule has 1 saturated heterocycles. The lowest BCUT2D eigenvalue weighted by atomic mass is 9.90. The van der Waals surface area contributed by atoms with E-state index in [1.807, 2.05) is 0 Å². The summed E-state index contributed by atoms with van der Waals surface area (Å²) >= 11 is 0. The van der Waals surface area contributed by atoms with Crippen LogP contribution in [-0.2, 0) is 0 Å². The van der Waals surface area contributed by atoms with E-state index in [2.05, 4.69) is 74.0 Å². The zero-order chi connectivity index (χ0) is 22.0. The topological polar surface area (TPSA) is 94.8 Å². The number of nitrogens with two attached hydrogens (primary N) is 1. The van der Waals surface area contributed by atoms with Crippen molar-refractivity contribution in [3.63, 3.8) is 0 Å². The summed E-state index contributed by atoms with van der Waals surface area (Å²) in [6.45, 7) is 11.6. The first-order chi connectivity index (χ1) is 14.4. The van der Waals surface area contributed by atoms with E-state index in [9.17, 15) is 4.79 Å². The number of carbonyl (C=O) groups is 1. The summed E-state index contributed by atoms with van der Waals surface area (Å²) in [4.78, 5) is 18.0. The summed E-state index contributed by atoms with van der Waals surface area (Å²) in [5, 5.41) is 10.8. The van der Waals surface area contributed by atoms with Gasteiger partial charge in [0.25, 0.3) is 0 Å². The lowest BCUT2D eigenvalue weighted by molar-refractivity contribution is 0.188. The molecule has 0 spiro atoms. The molecule has 1 aromatic carbocycles. The number of rotatable bonds is 9. The number of carbonyl (C=O) groups excluding carboxylic acids is 1. The first-order valence-electron chi connectivity index (χ1n) is 11.3. The van der Waals surface area contributed by atoms with E-state index < -0.39 is 0 Å². The fourth-order valence-corrected chi connectivity index (χ4v) is 4.00. The third-order valence-electron chi connectivity index (χ3n) is 6.21. The molecule has 0 aromatic heterocycles. The Labute approximate surface area is 181 Å². The normalized spacial score (nSPS) is 16.9. The Morgan fingerprint density at radius 2 is 1.83 bits per heavy atom. The Bertz CT molecular complexity index is 666. The molecule has 1 heterocycles. The molecular weight excluding hydrogens is 376 g/mol. The van der Waals surface area contributed by atoms with Gasteiger partial charge in [0.15, 0.2) is 5.96 Å². The zero-order valence-corrected chi connectivity index (χ0v) is 19.1. The van der Waals surface area contributed by atoms with Gasteiger partial charge in [-0.2, -0.15) is 0 Å². The van der Waals surface area contributed by atoms with Crippen LogP contribution in [0.5, 0.6) is 0 Å². The van der Waals surface area contributed by atoms with E-state index in [0.717, 1.165) is 38.2 Å². The second-order valence-corrected chi connectivity index (χ2v) is 8.20. The number of guanidine groups is 1. The molecule has 7 nitrogen and oxygen atoms in total. The molecule has 0 bridgehead atoms. The number of hydrogen-bond acceptors (Lipinski definition) is 3. The highest BCUT2D eigenvalue weighted by Gasteiger charge is 2.28. The number of nitrogens with zero attached hydrogens (tertiary/aromatic N) is 2. The Hall–Kier alpha value is -2.28. The maximum Gasteiger partial charge on any atom is 0.314 e. The first kappa shape index (κ1) is 24.0. The average Bonchev–Trinajstić information content (AvgIpc) is 2.77. The van der Waals surface area contributed by atoms with Crippen molar-refractivity contribution in [1.82, 2.24) is 20.9 Å². The molecular formula is C23H40N6O. The summed E-state index contributed by atoms with van der Waals surface area (Å²) in [6.07, 6.45) is 3.76. The smallest absolute Gasteiger partial charge is 0.314 e. The molecule has 2 rings (SSSR count). The third kappa shape index (κ3) is 6.90. The molecule has 0 aliphatic carbocycles. The SMILES string of the molecule is CCNC(=NCC(CC)(CC)NC(C)c1ccccc1)NC1CCN(C(N)=O)CC1. The quantitative estimate of drug-likeness (QED) is 0.368. The Morgan fingerprint density at radius 1 is 1.20 bits per heavy atom. The van der Waals surface area contributed by atoms with Crippen molar-refractivity contribution in [1.29, 1.82) is 0 Å². The van der Waals surface area contributed by atoms with E-state index in [0.29, 0.717) is 25.7 Å². The van der Waals surface area contributed by atoms with Gasteiger partial charge in [0.05, 0.1) is 6.54 Å². The van der Waals surface area contributed by atoms with Crippen molar-refractivity contribution in [3.05, 3.63) is 35.9 Å². The summed E-state index contributed by atoms with van der Waals surface area (Å²) < 4.78 is 0. The Balaban J connectivity index is 2.02. The molecule has 0 radical (unpaired) electrons. The molecule has 1 aliphatic rings. The predicted octanol–water partition coefficient (Wildman–Crippen LogP) is 2.99. The minimum atomic E-state index is -0.330. The van der Waals surface area contributed by atoms with Gasteiger partial charge in [0, 0.05) is 37.3 Å². The van der Waals surface area contributed by atoms with Gasteiger partial charge in [0.2, 0.25) is 0 Å². The van der Waals surface area contributed by atoms with E-state index >= 15 is 0 Å². The molecule has 0 saturated carbocycles. The van der Waals surface area contributed by atoms with E-state index in [4.69, 9.17) is 10.7 Å². The molecule has 1 atom stereocenters. The van der Waals surface area contributed by atoms with Gasteiger partial charge in [0.1, 0.15) is 0 Å². The molecule has 2 amide bonds. The van der Waals surface area contributed by atoms with Gasteiger partial charge in [-0.25, -0.2) is 4.79 Å². The third-order valence-corrected chi connectivity index (χ3v) is 6.21. The Morgan fingerprint density at radius 3 is 2.37 bits per heavy atom. The van der Waals surface area contributed by atoms with E-state index in [-0.39, 0.29) is 17.6 Å². The molecule has 1 unspecified atom stereocenters. The van der Waals surface area contributed by atoms with Gasteiger partial charge in [-0.3, -0.25) is 4.99 Å².